The third kappa shape index (κ3) is 4.75. The Morgan fingerprint density at radius 1 is 1.10 bits per heavy atom. The number of ether oxygens (including phenoxy) is 2. The van der Waals surface area contributed by atoms with Crippen molar-refractivity contribution in [3.63, 3.8) is 0 Å². The number of benzene rings is 1. The van der Waals surface area contributed by atoms with E-state index in [1.54, 1.807) is 32.4 Å². The summed E-state index contributed by atoms with van der Waals surface area (Å²) in [6.45, 7) is 5.31. The lowest BCUT2D eigenvalue weighted by atomic mass is 10.0. The third-order valence-corrected chi connectivity index (χ3v) is 5.30. The van der Waals surface area contributed by atoms with E-state index in [1.165, 1.54) is 6.07 Å². The summed E-state index contributed by atoms with van der Waals surface area (Å²) in [4.78, 5) is 27.6. The third-order valence-electron chi connectivity index (χ3n) is 5.30. The molecule has 1 atom stereocenters. The van der Waals surface area contributed by atoms with E-state index in [-0.39, 0.29) is 17.5 Å². The molecule has 8 nitrogen and oxygen atoms in total. The second kappa shape index (κ2) is 9.65. The fourth-order valence-corrected chi connectivity index (χ4v) is 3.56. The molecule has 2 heterocycles. The highest BCUT2D eigenvalue weighted by Crippen LogP contribution is 2.33. The van der Waals surface area contributed by atoms with Gasteiger partial charge < -0.3 is 24.2 Å². The summed E-state index contributed by atoms with van der Waals surface area (Å²) in [5, 5.41) is 6.74. The van der Waals surface area contributed by atoms with E-state index in [0.29, 0.717) is 22.8 Å². The first-order valence-corrected chi connectivity index (χ1v) is 10.2. The number of nitrogens with zero attached hydrogens (tertiary/aromatic N) is 2. The van der Waals surface area contributed by atoms with Crippen LogP contribution in [0.5, 0.6) is 11.5 Å². The van der Waals surface area contributed by atoms with Crippen LogP contribution in [0.3, 0.4) is 0 Å². The van der Waals surface area contributed by atoms with E-state index in [9.17, 15) is 9.59 Å². The van der Waals surface area contributed by atoms with Crippen molar-refractivity contribution >= 4 is 11.8 Å². The second-order valence-corrected chi connectivity index (χ2v) is 7.72. The van der Waals surface area contributed by atoms with Crippen LogP contribution in [0.1, 0.15) is 43.6 Å². The van der Waals surface area contributed by atoms with Crippen molar-refractivity contribution in [1.82, 2.24) is 15.4 Å². The first-order chi connectivity index (χ1) is 14.4. The van der Waals surface area contributed by atoms with Crippen LogP contribution in [0.25, 0.3) is 11.3 Å². The maximum absolute atomic E-state index is 12.9. The fourth-order valence-electron chi connectivity index (χ4n) is 3.56. The second-order valence-electron chi connectivity index (χ2n) is 7.72. The zero-order chi connectivity index (χ0) is 21.7. The number of nitrogens with one attached hydrogen (secondary N) is 1. The first-order valence-electron chi connectivity index (χ1n) is 10.2. The first kappa shape index (κ1) is 21.7. The Morgan fingerprint density at radius 2 is 1.83 bits per heavy atom. The SMILES string of the molecule is COc1ccc(OC)c(-c2cc(C(=O)NC(C(=O)N3CCCCC3)C(C)C)no2)c1. The number of methoxy groups -OCH3 is 2. The Labute approximate surface area is 176 Å². The molecule has 3 rings (SSSR count). The number of likely N-dealkylation sites (tertiary alicyclic amines) is 1. The van der Waals surface area contributed by atoms with E-state index < -0.39 is 11.9 Å². The minimum absolute atomic E-state index is 0.0452. The van der Waals surface area contributed by atoms with Crippen molar-refractivity contribution in [2.75, 3.05) is 27.3 Å². The van der Waals surface area contributed by atoms with Crippen LogP contribution in [0, 0.1) is 5.92 Å². The molecule has 8 heteroatoms. The summed E-state index contributed by atoms with van der Waals surface area (Å²) < 4.78 is 16.0. The lowest BCUT2D eigenvalue weighted by molar-refractivity contribution is -0.135. The molecule has 0 bridgehead atoms. The Hall–Kier alpha value is -3.03. The van der Waals surface area contributed by atoms with Gasteiger partial charge in [-0.15, -0.1) is 0 Å². The summed E-state index contributed by atoms with van der Waals surface area (Å²) in [6.07, 6.45) is 3.14. The highest BCUT2D eigenvalue weighted by molar-refractivity contribution is 5.97. The summed E-state index contributed by atoms with van der Waals surface area (Å²) in [5.41, 5.74) is 0.722. The van der Waals surface area contributed by atoms with Crippen molar-refractivity contribution in [2.45, 2.75) is 39.2 Å². The Kier molecular flexibility index (Phi) is 6.97. The topological polar surface area (TPSA) is 93.9 Å². The molecule has 2 aromatic rings. The van der Waals surface area contributed by atoms with Crippen LogP contribution in [0.4, 0.5) is 0 Å². The summed E-state index contributed by atoms with van der Waals surface area (Å²) in [7, 11) is 3.12. The van der Waals surface area contributed by atoms with Crippen molar-refractivity contribution in [3.8, 4) is 22.8 Å². The van der Waals surface area contributed by atoms with Gasteiger partial charge in [0.25, 0.3) is 5.91 Å². The standard InChI is InChI=1S/C22H29N3O5/c1-14(2)20(22(27)25-10-6-5-7-11-25)23-21(26)17-13-19(30-24-17)16-12-15(28-3)8-9-18(16)29-4/h8-9,12-14,20H,5-7,10-11H2,1-4H3,(H,23,26). The zero-order valence-electron chi connectivity index (χ0n) is 17.9. The van der Waals surface area contributed by atoms with Crippen LogP contribution in [-0.4, -0.2) is 55.2 Å². The smallest absolute Gasteiger partial charge is 0.274 e. The van der Waals surface area contributed by atoms with E-state index in [4.69, 9.17) is 14.0 Å². The zero-order valence-corrected chi connectivity index (χ0v) is 17.9. The molecule has 2 amide bonds. The van der Waals surface area contributed by atoms with E-state index in [1.807, 2.05) is 18.7 Å². The molecular formula is C22H29N3O5. The molecule has 0 saturated carbocycles. The molecule has 1 fully saturated rings. The highest BCUT2D eigenvalue weighted by Gasteiger charge is 2.30. The monoisotopic (exact) mass is 415 g/mol. The number of aromatic nitrogens is 1. The fraction of sp³-hybridized carbons (Fsp3) is 0.500. The molecule has 0 aliphatic carbocycles. The van der Waals surface area contributed by atoms with Gasteiger partial charge in [0.15, 0.2) is 11.5 Å². The molecule has 1 N–H and O–H groups in total. The van der Waals surface area contributed by atoms with Gasteiger partial charge in [-0.2, -0.15) is 0 Å². The van der Waals surface area contributed by atoms with E-state index in [0.717, 1.165) is 32.4 Å². The molecule has 0 spiro atoms. The normalized spacial score (nSPS) is 15.0. The molecule has 1 aromatic heterocycles. The average Bonchev–Trinajstić information content (AvgIpc) is 3.27. The molecule has 162 valence electrons. The number of carbonyl (C=O) groups excluding carboxylic acids is 2. The highest BCUT2D eigenvalue weighted by atomic mass is 16.5. The van der Waals surface area contributed by atoms with Crippen LogP contribution < -0.4 is 14.8 Å². The van der Waals surface area contributed by atoms with Crippen molar-refractivity contribution in [3.05, 3.63) is 30.0 Å². The van der Waals surface area contributed by atoms with Gasteiger partial charge in [-0.1, -0.05) is 19.0 Å². The Bertz CT molecular complexity index is 887. The molecular weight excluding hydrogens is 386 g/mol. The van der Waals surface area contributed by atoms with Crippen LogP contribution in [-0.2, 0) is 4.79 Å². The van der Waals surface area contributed by atoms with E-state index >= 15 is 0 Å². The Morgan fingerprint density at radius 3 is 2.47 bits per heavy atom. The lowest BCUT2D eigenvalue weighted by Gasteiger charge is -2.32. The summed E-state index contributed by atoms with van der Waals surface area (Å²) in [5.74, 6) is 1.03. The maximum atomic E-state index is 12.9. The summed E-state index contributed by atoms with van der Waals surface area (Å²) >= 11 is 0. The van der Waals surface area contributed by atoms with Gasteiger partial charge in [0, 0.05) is 19.2 Å². The van der Waals surface area contributed by atoms with Crippen molar-refractivity contribution in [2.24, 2.45) is 5.92 Å². The van der Waals surface area contributed by atoms with Crippen LogP contribution >= 0.6 is 0 Å². The lowest BCUT2D eigenvalue weighted by Crippen LogP contribution is -2.52. The van der Waals surface area contributed by atoms with Gasteiger partial charge >= 0.3 is 0 Å². The van der Waals surface area contributed by atoms with Gasteiger partial charge in [-0.25, -0.2) is 0 Å². The predicted octanol–water partition coefficient (Wildman–Crippen LogP) is 3.13. The van der Waals surface area contributed by atoms with Crippen LogP contribution in [0.15, 0.2) is 28.8 Å². The minimum atomic E-state index is -0.609. The molecule has 30 heavy (non-hydrogen) atoms. The van der Waals surface area contributed by atoms with Gasteiger partial charge in [0.05, 0.1) is 19.8 Å². The molecule has 1 aliphatic rings. The van der Waals surface area contributed by atoms with E-state index in [2.05, 4.69) is 10.5 Å². The number of hydrogen-bond donors (Lipinski definition) is 1. The largest absolute Gasteiger partial charge is 0.497 e. The number of piperidine rings is 1. The quantitative estimate of drug-likeness (QED) is 0.747. The number of rotatable bonds is 7. The van der Waals surface area contributed by atoms with Gasteiger partial charge in [-0.3, -0.25) is 9.59 Å². The molecule has 1 unspecified atom stereocenters. The van der Waals surface area contributed by atoms with Crippen molar-refractivity contribution in [1.29, 1.82) is 0 Å². The number of carbonyl (C=O) groups is 2. The van der Waals surface area contributed by atoms with Gasteiger partial charge in [0.2, 0.25) is 5.91 Å². The van der Waals surface area contributed by atoms with Crippen LogP contribution in [0.2, 0.25) is 0 Å². The van der Waals surface area contributed by atoms with Gasteiger partial charge in [-0.05, 0) is 43.4 Å². The predicted molar refractivity (Wildman–Crippen MR) is 112 cm³/mol. The molecule has 1 saturated heterocycles. The van der Waals surface area contributed by atoms with Gasteiger partial charge in [0.1, 0.15) is 17.5 Å². The number of hydrogen-bond acceptors (Lipinski definition) is 6. The average molecular weight is 415 g/mol. The Balaban J connectivity index is 1.77. The number of amides is 2. The minimum Gasteiger partial charge on any atom is -0.497 e. The molecule has 1 aliphatic heterocycles. The molecule has 1 aromatic carbocycles. The summed E-state index contributed by atoms with van der Waals surface area (Å²) in [6, 6.07) is 6.20. The maximum Gasteiger partial charge on any atom is 0.274 e. The molecule has 0 radical (unpaired) electrons. The van der Waals surface area contributed by atoms with Crippen molar-refractivity contribution < 1.29 is 23.6 Å².